The van der Waals surface area contributed by atoms with Crippen LogP contribution < -0.4 is 0 Å². The van der Waals surface area contributed by atoms with Crippen molar-refractivity contribution in [3.63, 3.8) is 0 Å². The van der Waals surface area contributed by atoms with Gasteiger partial charge in [0.25, 0.3) is 0 Å². The van der Waals surface area contributed by atoms with Crippen molar-refractivity contribution < 1.29 is 14.3 Å². The van der Waals surface area contributed by atoms with E-state index in [1.165, 1.54) is 11.6 Å². The van der Waals surface area contributed by atoms with Crippen LogP contribution in [0.4, 0.5) is 0 Å². The van der Waals surface area contributed by atoms with E-state index in [-0.39, 0.29) is 12.1 Å². The Hall–Kier alpha value is -1.29. The molecule has 0 bridgehead atoms. The highest BCUT2D eigenvalue weighted by molar-refractivity contribution is 9.10. The van der Waals surface area contributed by atoms with Gasteiger partial charge in [0.2, 0.25) is 0 Å². The molecule has 0 spiro atoms. The van der Waals surface area contributed by atoms with Crippen LogP contribution in [0.25, 0.3) is 0 Å². The average Bonchev–Trinajstić information content (AvgIpc) is 2.37. The highest BCUT2D eigenvalue weighted by Crippen LogP contribution is 2.20. The SMILES string of the molecule is COC1=CC(=O)OC(CCc2ccc(Br)cc2)C1. The molecule has 4 heteroatoms. The van der Waals surface area contributed by atoms with E-state index in [0.717, 1.165) is 17.3 Å². The smallest absolute Gasteiger partial charge is 0.334 e. The van der Waals surface area contributed by atoms with Gasteiger partial charge in [0.1, 0.15) is 11.9 Å². The number of methoxy groups -OCH3 is 1. The fourth-order valence-electron chi connectivity index (χ4n) is 1.94. The number of carbonyl (C=O) groups is 1. The van der Waals surface area contributed by atoms with Gasteiger partial charge in [-0.1, -0.05) is 28.1 Å². The Morgan fingerprint density at radius 1 is 1.39 bits per heavy atom. The van der Waals surface area contributed by atoms with E-state index in [0.29, 0.717) is 12.2 Å². The molecule has 0 aliphatic carbocycles. The minimum atomic E-state index is -0.307. The topological polar surface area (TPSA) is 35.5 Å². The van der Waals surface area contributed by atoms with Gasteiger partial charge in [0, 0.05) is 10.9 Å². The van der Waals surface area contributed by atoms with Crippen LogP contribution in [-0.4, -0.2) is 19.2 Å². The molecule has 1 heterocycles. The molecule has 2 rings (SSSR count). The molecular formula is C14H15BrO3. The summed E-state index contributed by atoms with van der Waals surface area (Å²) in [5, 5.41) is 0. The first kappa shape index (κ1) is 13.1. The molecular weight excluding hydrogens is 296 g/mol. The summed E-state index contributed by atoms with van der Waals surface area (Å²) in [6.07, 6.45) is 3.70. The number of ether oxygens (including phenoxy) is 2. The van der Waals surface area contributed by atoms with Crippen molar-refractivity contribution in [2.24, 2.45) is 0 Å². The van der Waals surface area contributed by atoms with Crippen LogP contribution in [-0.2, 0) is 20.7 Å². The molecule has 0 fully saturated rings. The van der Waals surface area contributed by atoms with Gasteiger partial charge < -0.3 is 9.47 Å². The van der Waals surface area contributed by atoms with Crippen molar-refractivity contribution in [2.45, 2.75) is 25.4 Å². The van der Waals surface area contributed by atoms with E-state index in [1.54, 1.807) is 7.11 Å². The largest absolute Gasteiger partial charge is 0.501 e. The number of esters is 1. The third-order valence-corrected chi connectivity index (χ3v) is 3.45. The van der Waals surface area contributed by atoms with Gasteiger partial charge in [0.05, 0.1) is 13.2 Å². The van der Waals surface area contributed by atoms with E-state index < -0.39 is 0 Å². The van der Waals surface area contributed by atoms with Crippen molar-refractivity contribution in [1.82, 2.24) is 0 Å². The fraction of sp³-hybridized carbons (Fsp3) is 0.357. The minimum Gasteiger partial charge on any atom is -0.501 e. The van der Waals surface area contributed by atoms with Crippen molar-refractivity contribution in [2.75, 3.05) is 7.11 Å². The lowest BCUT2D eigenvalue weighted by Gasteiger charge is -2.22. The lowest BCUT2D eigenvalue weighted by Crippen LogP contribution is -2.23. The maximum atomic E-state index is 11.3. The van der Waals surface area contributed by atoms with Gasteiger partial charge in [-0.2, -0.15) is 0 Å². The Morgan fingerprint density at radius 3 is 2.78 bits per heavy atom. The van der Waals surface area contributed by atoms with Crippen LogP contribution in [0.3, 0.4) is 0 Å². The Morgan fingerprint density at radius 2 is 2.11 bits per heavy atom. The summed E-state index contributed by atoms with van der Waals surface area (Å²) in [6, 6.07) is 8.18. The first-order valence-electron chi connectivity index (χ1n) is 5.87. The van der Waals surface area contributed by atoms with Crippen molar-refractivity contribution in [3.8, 4) is 0 Å². The second kappa shape index (κ2) is 6.05. The maximum Gasteiger partial charge on any atom is 0.334 e. The van der Waals surface area contributed by atoms with E-state index in [2.05, 4.69) is 28.1 Å². The zero-order chi connectivity index (χ0) is 13.0. The molecule has 18 heavy (non-hydrogen) atoms. The van der Waals surface area contributed by atoms with E-state index in [4.69, 9.17) is 9.47 Å². The number of rotatable bonds is 4. The molecule has 1 unspecified atom stereocenters. The van der Waals surface area contributed by atoms with Gasteiger partial charge >= 0.3 is 5.97 Å². The van der Waals surface area contributed by atoms with Gasteiger partial charge in [-0.3, -0.25) is 0 Å². The Balaban J connectivity index is 1.89. The summed E-state index contributed by atoms with van der Waals surface area (Å²) in [5.41, 5.74) is 1.24. The second-order valence-corrected chi connectivity index (χ2v) is 5.16. The molecule has 0 amide bonds. The minimum absolute atomic E-state index is 0.0823. The number of hydrogen-bond acceptors (Lipinski definition) is 3. The highest BCUT2D eigenvalue weighted by Gasteiger charge is 2.21. The average molecular weight is 311 g/mol. The van der Waals surface area contributed by atoms with Crippen molar-refractivity contribution >= 4 is 21.9 Å². The lowest BCUT2D eigenvalue weighted by molar-refractivity contribution is -0.145. The molecule has 0 saturated carbocycles. The summed E-state index contributed by atoms with van der Waals surface area (Å²) in [5.74, 6) is 0.394. The molecule has 0 N–H and O–H groups in total. The summed E-state index contributed by atoms with van der Waals surface area (Å²) < 4.78 is 11.4. The maximum absolute atomic E-state index is 11.3. The monoisotopic (exact) mass is 310 g/mol. The Bertz CT molecular complexity index is 451. The van der Waals surface area contributed by atoms with Gasteiger partial charge in [-0.05, 0) is 30.5 Å². The molecule has 1 atom stereocenters. The first-order valence-corrected chi connectivity index (χ1v) is 6.66. The van der Waals surface area contributed by atoms with Crippen LogP contribution in [0.1, 0.15) is 18.4 Å². The van der Waals surface area contributed by atoms with Gasteiger partial charge in [-0.25, -0.2) is 4.79 Å². The molecule has 96 valence electrons. The van der Waals surface area contributed by atoms with Crippen molar-refractivity contribution in [1.29, 1.82) is 0 Å². The Kier molecular flexibility index (Phi) is 4.42. The zero-order valence-electron chi connectivity index (χ0n) is 10.2. The van der Waals surface area contributed by atoms with Crippen LogP contribution in [0, 0.1) is 0 Å². The summed E-state index contributed by atoms with van der Waals surface area (Å²) >= 11 is 3.40. The van der Waals surface area contributed by atoms with Crippen molar-refractivity contribution in [3.05, 3.63) is 46.1 Å². The molecule has 1 aromatic rings. The quantitative estimate of drug-likeness (QED) is 0.801. The predicted octanol–water partition coefficient (Wildman–Crippen LogP) is 3.23. The predicted molar refractivity (Wildman–Crippen MR) is 72.1 cm³/mol. The third-order valence-electron chi connectivity index (χ3n) is 2.92. The molecule has 1 aromatic carbocycles. The molecule has 0 saturated heterocycles. The van der Waals surface area contributed by atoms with Crippen LogP contribution in [0.5, 0.6) is 0 Å². The standard InChI is InChI=1S/C14H15BrO3/c1-17-13-8-12(18-14(16)9-13)7-4-10-2-5-11(15)6-3-10/h2-3,5-6,9,12H,4,7-8H2,1H3. The number of benzene rings is 1. The van der Waals surface area contributed by atoms with E-state index in [9.17, 15) is 4.79 Å². The number of halogens is 1. The molecule has 1 aliphatic rings. The Labute approximate surface area is 115 Å². The molecule has 3 nitrogen and oxygen atoms in total. The number of hydrogen-bond donors (Lipinski definition) is 0. The third kappa shape index (κ3) is 3.60. The summed E-state index contributed by atoms with van der Waals surface area (Å²) in [6.45, 7) is 0. The summed E-state index contributed by atoms with van der Waals surface area (Å²) in [4.78, 5) is 11.3. The number of carbonyl (C=O) groups excluding carboxylic acids is 1. The summed E-state index contributed by atoms with van der Waals surface area (Å²) in [7, 11) is 1.58. The normalized spacial score (nSPS) is 19.1. The first-order chi connectivity index (χ1) is 8.67. The van der Waals surface area contributed by atoms with E-state index >= 15 is 0 Å². The van der Waals surface area contributed by atoms with Gasteiger partial charge in [-0.15, -0.1) is 0 Å². The van der Waals surface area contributed by atoms with Gasteiger partial charge in [0.15, 0.2) is 0 Å². The second-order valence-electron chi connectivity index (χ2n) is 4.24. The molecule has 1 aliphatic heterocycles. The van der Waals surface area contributed by atoms with Crippen LogP contribution >= 0.6 is 15.9 Å². The zero-order valence-corrected chi connectivity index (χ0v) is 11.8. The number of aryl methyl sites for hydroxylation is 1. The van der Waals surface area contributed by atoms with E-state index in [1.807, 2.05) is 12.1 Å². The lowest BCUT2D eigenvalue weighted by atomic mass is 10.0. The number of cyclic esters (lactones) is 1. The van der Waals surface area contributed by atoms with Crippen LogP contribution in [0.15, 0.2) is 40.6 Å². The highest BCUT2D eigenvalue weighted by atomic mass is 79.9. The fourth-order valence-corrected chi connectivity index (χ4v) is 2.20. The van der Waals surface area contributed by atoms with Crippen LogP contribution in [0.2, 0.25) is 0 Å². The molecule has 0 aromatic heterocycles. The molecule has 0 radical (unpaired) electrons.